The van der Waals surface area contributed by atoms with Gasteiger partial charge in [-0.2, -0.15) is 0 Å². The predicted octanol–water partition coefficient (Wildman–Crippen LogP) is 3.90. The molecule has 0 bridgehead atoms. The molecule has 3 rings (SSSR count). The van der Waals surface area contributed by atoms with E-state index in [0.29, 0.717) is 11.8 Å². The number of thiazole rings is 1. The van der Waals surface area contributed by atoms with E-state index in [1.165, 1.54) is 21.1 Å². The van der Waals surface area contributed by atoms with Crippen molar-refractivity contribution in [1.29, 1.82) is 0 Å². The van der Waals surface area contributed by atoms with Crippen molar-refractivity contribution in [2.24, 2.45) is 0 Å². The molecule has 1 aliphatic heterocycles. The molecule has 0 spiro atoms. The first-order chi connectivity index (χ1) is 10.2. The average molecular weight is 302 g/mol. The van der Waals surface area contributed by atoms with Gasteiger partial charge in [-0.05, 0) is 25.5 Å². The summed E-state index contributed by atoms with van der Waals surface area (Å²) in [5, 5.41) is 4.50. The molecule has 1 aromatic carbocycles. The van der Waals surface area contributed by atoms with Crippen molar-refractivity contribution >= 4 is 11.3 Å². The zero-order chi connectivity index (χ0) is 14.8. The van der Waals surface area contributed by atoms with Crippen LogP contribution in [0, 0.1) is 0 Å². The summed E-state index contributed by atoms with van der Waals surface area (Å²) in [7, 11) is 1.99. The molecule has 0 saturated carbocycles. The van der Waals surface area contributed by atoms with Crippen LogP contribution in [0.25, 0.3) is 0 Å². The quantitative estimate of drug-likeness (QED) is 0.930. The molecule has 21 heavy (non-hydrogen) atoms. The van der Waals surface area contributed by atoms with Gasteiger partial charge in [-0.25, -0.2) is 4.98 Å². The summed E-state index contributed by atoms with van der Waals surface area (Å²) < 4.78 is 5.77. The van der Waals surface area contributed by atoms with Gasteiger partial charge in [0.1, 0.15) is 10.8 Å². The molecular formula is C17H22N2OS. The smallest absolute Gasteiger partial charge is 0.123 e. The predicted molar refractivity (Wildman–Crippen MR) is 87.4 cm³/mol. The molecule has 1 aromatic heterocycles. The maximum atomic E-state index is 5.77. The first-order valence-electron chi connectivity index (χ1n) is 7.56. The highest BCUT2D eigenvalue weighted by Gasteiger charge is 2.27. The van der Waals surface area contributed by atoms with Crippen molar-refractivity contribution in [2.75, 3.05) is 13.7 Å². The first kappa shape index (κ1) is 14.5. The number of benzene rings is 1. The number of para-hydroxylation sites is 1. The molecule has 0 saturated heterocycles. The van der Waals surface area contributed by atoms with E-state index in [1.54, 1.807) is 0 Å². The first-order valence-corrected chi connectivity index (χ1v) is 8.38. The summed E-state index contributed by atoms with van der Waals surface area (Å²) in [6, 6.07) is 8.36. The SMILES string of the molecule is CNCc1sc(C2CCOc3ccccc32)nc1C(C)C. The Bertz CT molecular complexity index is 621. The van der Waals surface area contributed by atoms with E-state index in [0.717, 1.165) is 25.3 Å². The van der Waals surface area contributed by atoms with Crippen LogP contribution >= 0.6 is 11.3 Å². The van der Waals surface area contributed by atoms with Gasteiger partial charge in [-0.15, -0.1) is 11.3 Å². The Balaban J connectivity index is 2.00. The largest absolute Gasteiger partial charge is 0.493 e. The van der Waals surface area contributed by atoms with Crippen molar-refractivity contribution < 1.29 is 4.74 Å². The van der Waals surface area contributed by atoms with Gasteiger partial charge in [0.05, 0.1) is 12.3 Å². The Hall–Kier alpha value is -1.39. The number of rotatable bonds is 4. The minimum absolute atomic E-state index is 0.378. The molecule has 2 aromatic rings. The lowest BCUT2D eigenvalue weighted by molar-refractivity contribution is 0.276. The average Bonchev–Trinajstić information content (AvgIpc) is 2.91. The molecule has 0 fully saturated rings. The lowest BCUT2D eigenvalue weighted by Crippen LogP contribution is -2.15. The van der Waals surface area contributed by atoms with Crippen molar-refractivity contribution in [2.45, 2.75) is 38.6 Å². The fraction of sp³-hybridized carbons (Fsp3) is 0.471. The van der Waals surface area contributed by atoms with Crippen LogP contribution in [0.15, 0.2) is 24.3 Å². The zero-order valence-corrected chi connectivity index (χ0v) is 13.7. The third-order valence-corrected chi connectivity index (χ3v) is 5.07. The van der Waals surface area contributed by atoms with E-state index in [4.69, 9.17) is 9.72 Å². The fourth-order valence-corrected chi connectivity index (χ4v) is 4.25. The maximum absolute atomic E-state index is 5.77. The molecule has 0 aliphatic carbocycles. The Kier molecular flexibility index (Phi) is 4.27. The summed E-state index contributed by atoms with van der Waals surface area (Å²) >= 11 is 1.85. The van der Waals surface area contributed by atoms with Crippen LogP contribution in [0.1, 0.15) is 53.2 Å². The van der Waals surface area contributed by atoms with Crippen LogP contribution in [0.5, 0.6) is 5.75 Å². The number of fused-ring (bicyclic) bond motifs is 1. The number of ether oxygens (including phenoxy) is 1. The van der Waals surface area contributed by atoms with E-state index >= 15 is 0 Å². The third-order valence-electron chi connectivity index (χ3n) is 3.88. The van der Waals surface area contributed by atoms with Crippen molar-refractivity contribution in [1.82, 2.24) is 10.3 Å². The van der Waals surface area contributed by atoms with Gasteiger partial charge in [0.25, 0.3) is 0 Å². The van der Waals surface area contributed by atoms with Crippen LogP contribution in [0.3, 0.4) is 0 Å². The Labute approximate surface area is 130 Å². The highest BCUT2D eigenvalue weighted by atomic mass is 32.1. The van der Waals surface area contributed by atoms with Crippen molar-refractivity contribution in [3.63, 3.8) is 0 Å². The molecule has 1 atom stereocenters. The van der Waals surface area contributed by atoms with E-state index in [-0.39, 0.29) is 0 Å². The molecule has 0 amide bonds. The van der Waals surface area contributed by atoms with Gasteiger partial charge in [0, 0.05) is 22.9 Å². The summed E-state index contributed by atoms with van der Waals surface area (Å²) in [6.45, 7) is 6.11. The van der Waals surface area contributed by atoms with Crippen molar-refractivity contribution in [3.8, 4) is 5.75 Å². The zero-order valence-electron chi connectivity index (χ0n) is 12.8. The Morgan fingerprint density at radius 3 is 2.95 bits per heavy atom. The van der Waals surface area contributed by atoms with Crippen molar-refractivity contribution in [3.05, 3.63) is 45.4 Å². The number of hydrogen-bond acceptors (Lipinski definition) is 4. The Morgan fingerprint density at radius 1 is 1.38 bits per heavy atom. The minimum atomic E-state index is 0.378. The molecule has 4 heteroatoms. The van der Waals surface area contributed by atoms with Crippen LogP contribution in [0.4, 0.5) is 0 Å². The van der Waals surface area contributed by atoms with Gasteiger partial charge < -0.3 is 10.1 Å². The molecule has 2 heterocycles. The van der Waals surface area contributed by atoms with Crippen LogP contribution in [0.2, 0.25) is 0 Å². The van der Waals surface area contributed by atoms with E-state index in [2.05, 4.69) is 37.4 Å². The van der Waals surface area contributed by atoms with Gasteiger partial charge in [-0.1, -0.05) is 32.0 Å². The topological polar surface area (TPSA) is 34.1 Å². The second-order valence-electron chi connectivity index (χ2n) is 5.77. The van der Waals surface area contributed by atoms with Gasteiger partial charge in [-0.3, -0.25) is 0 Å². The highest BCUT2D eigenvalue weighted by molar-refractivity contribution is 7.11. The second kappa shape index (κ2) is 6.16. The fourth-order valence-electron chi connectivity index (χ4n) is 2.87. The highest BCUT2D eigenvalue weighted by Crippen LogP contribution is 2.40. The number of nitrogens with zero attached hydrogens (tertiary/aromatic N) is 1. The third kappa shape index (κ3) is 2.83. The second-order valence-corrected chi connectivity index (χ2v) is 6.89. The number of aromatic nitrogens is 1. The molecule has 0 radical (unpaired) electrons. The molecular weight excluding hydrogens is 280 g/mol. The van der Waals surface area contributed by atoms with Crippen LogP contribution in [-0.4, -0.2) is 18.6 Å². The molecule has 112 valence electrons. The number of hydrogen-bond donors (Lipinski definition) is 1. The number of nitrogens with one attached hydrogen (secondary N) is 1. The van der Waals surface area contributed by atoms with E-state index in [1.807, 2.05) is 24.5 Å². The summed E-state index contributed by atoms with van der Waals surface area (Å²) in [5.41, 5.74) is 2.53. The van der Waals surface area contributed by atoms with E-state index in [9.17, 15) is 0 Å². The molecule has 1 N–H and O–H groups in total. The van der Waals surface area contributed by atoms with Gasteiger partial charge in [0.15, 0.2) is 0 Å². The Morgan fingerprint density at radius 2 is 2.19 bits per heavy atom. The van der Waals surface area contributed by atoms with Gasteiger partial charge in [0.2, 0.25) is 0 Å². The van der Waals surface area contributed by atoms with Crippen LogP contribution in [-0.2, 0) is 6.54 Å². The molecule has 3 nitrogen and oxygen atoms in total. The lowest BCUT2D eigenvalue weighted by Gasteiger charge is -2.24. The van der Waals surface area contributed by atoms with Crippen LogP contribution < -0.4 is 10.1 Å². The maximum Gasteiger partial charge on any atom is 0.123 e. The molecule has 1 unspecified atom stereocenters. The van der Waals surface area contributed by atoms with Gasteiger partial charge >= 0.3 is 0 Å². The molecule has 1 aliphatic rings. The standard InChI is InChI=1S/C17H22N2OS/c1-11(2)16-15(10-18-3)21-17(19-16)13-8-9-20-14-7-5-4-6-12(13)14/h4-7,11,13,18H,8-10H2,1-3H3. The normalized spacial score (nSPS) is 17.6. The summed E-state index contributed by atoms with van der Waals surface area (Å²) in [6.07, 6.45) is 1.01. The summed E-state index contributed by atoms with van der Waals surface area (Å²) in [4.78, 5) is 6.34. The lowest BCUT2D eigenvalue weighted by atomic mass is 9.94. The van der Waals surface area contributed by atoms with E-state index < -0.39 is 0 Å². The monoisotopic (exact) mass is 302 g/mol. The summed E-state index contributed by atoms with van der Waals surface area (Å²) in [5.74, 6) is 1.86. The minimum Gasteiger partial charge on any atom is -0.493 e.